The summed E-state index contributed by atoms with van der Waals surface area (Å²) in [5.41, 5.74) is 2.12. The van der Waals surface area contributed by atoms with Gasteiger partial charge in [-0.1, -0.05) is 48.8 Å². The molecule has 0 saturated carbocycles. The van der Waals surface area contributed by atoms with Crippen LogP contribution < -0.4 is 0 Å². The Balaban J connectivity index is 2.25. The van der Waals surface area contributed by atoms with Crippen LogP contribution in [0.3, 0.4) is 0 Å². The van der Waals surface area contributed by atoms with E-state index in [1.807, 2.05) is 36.4 Å². The Morgan fingerprint density at radius 2 is 2.00 bits per heavy atom. The van der Waals surface area contributed by atoms with Crippen molar-refractivity contribution >= 4 is 0 Å². The molecule has 1 aromatic heterocycles. The molecule has 0 fully saturated rings. The zero-order chi connectivity index (χ0) is 9.80. The van der Waals surface area contributed by atoms with Gasteiger partial charge in [0.15, 0.2) is 5.76 Å². The van der Waals surface area contributed by atoms with Crippen LogP contribution in [-0.2, 0) is 6.42 Å². The van der Waals surface area contributed by atoms with Gasteiger partial charge in [0.1, 0.15) is 0 Å². The fourth-order valence-corrected chi connectivity index (χ4v) is 1.42. The molecule has 0 bridgehead atoms. The van der Waals surface area contributed by atoms with Crippen molar-refractivity contribution in [2.45, 2.75) is 19.8 Å². The molecule has 2 heteroatoms. The van der Waals surface area contributed by atoms with Crippen LogP contribution in [0, 0.1) is 0 Å². The molecule has 0 spiro atoms. The number of aryl methyl sites for hydroxylation is 1. The monoisotopic (exact) mass is 187 g/mol. The minimum absolute atomic E-state index is 0.856. The number of hydrogen-bond acceptors (Lipinski definition) is 2. The summed E-state index contributed by atoms with van der Waals surface area (Å²) >= 11 is 0. The summed E-state index contributed by atoms with van der Waals surface area (Å²) < 4.78 is 5.25. The van der Waals surface area contributed by atoms with Crippen LogP contribution in [0.4, 0.5) is 0 Å². The molecule has 1 heterocycles. The van der Waals surface area contributed by atoms with Crippen LogP contribution in [0.25, 0.3) is 11.3 Å². The molecule has 0 saturated heterocycles. The van der Waals surface area contributed by atoms with E-state index in [0.29, 0.717) is 0 Å². The summed E-state index contributed by atoms with van der Waals surface area (Å²) in [4.78, 5) is 0. The van der Waals surface area contributed by atoms with E-state index in [-0.39, 0.29) is 0 Å². The quantitative estimate of drug-likeness (QED) is 0.736. The van der Waals surface area contributed by atoms with E-state index < -0.39 is 0 Å². The van der Waals surface area contributed by atoms with Crippen molar-refractivity contribution in [3.05, 3.63) is 42.1 Å². The van der Waals surface area contributed by atoms with Crippen LogP contribution >= 0.6 is 0 Å². The van der Waals surface area contributed by atoms with Gasteiger partial charge in [0.2, 0.25) is 0 Å². The molecular formula is C12H13NO. The van der Waals surface area contributed by atoms with Crippen molar-refractivity contribution in [2.75, 3.05) is 0 Å². The first kappa shape index (κ1) is 9.00. The van der Waals surface area contributed by atoms with Crippen molar-refractivity contribution in [1.29, 1.82) is 0 Å². The lowest BCUT2D eigenvalue weighted by Gasteiger charge is -1.91. The van der Waals surface area contributed by atoms with Gasteiger partial charge >= 0.3 is 0 Å². The summed E-state index contributed by atoms with van der Waals surface area (Å²) in [5, 5.41) is 4.01. The summed E-state index contributed by atoms with van der Waals surface area (Å²) in [5.74, 6) is 0.856. The second kappa shape index (κ2) is 4.09. The standard InChI is InChI=1S/C12H13NO/c1-2-6-11-9-12(14-13-11)10-7-4-3-5-8-10/h3-5,7-9H,2,6H2,1H3. The first-order chi connectivity index (χ1) is 6.90. The Labute approximate surface area is 83.5 Å². The third-order valence-corrected chi connectivity index (χ3v) is 2.12. The Kier molecular flexibility index (Phi) is 2.63. The average molecular weight is 187 g/mol. The van der Waals surface area contributed by atoms with Crippen LogP contribution in [0.2, 0.25) is 0 Å². The van der Waals surface area contributed by atoms with E-state index in [0.717, 1.165) is 29.9 Å². The summed E-state index contributed by atoms with van der Waals surface area (Å²) in [7, 11) is 0. The maximum atomic E-state index is 5.25. The molecule has 14 heavy (non-hydrogen) atoms. The van der Waals surface area contributed by atoms with Crippen molar-refractivity contribution in [1.82, 2.24) is 5.16 Å². The minimum Gasteiger partial charge on any atom is -0.356 e. The van der Waals surface area contributed by atoms with Gasteiger partial charge in [-0.2, -0.15) is 0 Å². The topological polar surface area (TPSA) is 26.0 Å². The Morgan fingerprint density at radius 3 is 2.71 bits per heavy atom. The van der Waals surface area contributed by atoms with Crippen molar-refractivity contribution in [3.8, 4) is 11.3 Å². The molecule has 0 amide bonds. The molecule has 0 aliphatic carbocycles. The molecule has 0 aliphatic rings. The normalized spacial score (nSPS) is 10.4. The molecule has 0 aliphatic heterocycles. The van der Waals surface area contributed by atoms with Crippen molar-refractivity contribution in [2.24, 2.45) is 0 Å². The van der Waals surface area contributed by atoms with E-state index in [1.54, 1.807) is 0 Å². The maximum Gasteiger partial charge on any atom is 0.167 e. The second-order valence-corrected chi connectivity index (χ2v) is 3.30. The SMILES string of the molecule is CCCc1cc(-c2ccccc2)on1. The number of hydrogen-bond donors (Lipinski definition) is 0. The first-order valence-corrected chi connectivity index (χ1v) is 4.91. The van der Waals surface area contributed by atoms with Gasteiger partial charge in [0.25, 0.3) is 0 Å². The lowest BCUT2D eigenvalue weighted by molar-refractivity contribution is 0.423. The number of aromatic nitrogens is 1. The van der Waals surface area contributed by atoms with Gasteiger partial charge in [0, 0.05) is 11.6 Å². The fraction of sp³-hybridized carbons (Fsp3) is 0.250. The zero-order valence-corrected chi connectivity index (χ0v) is 8.23. The highest BCUT2D eigenvalue weighted by Crippen LogP contribution is 2.19. The van der Waals surface area contributed by atoms with E-state index in [4.69, 9.17) is 4.52 Å². The highest BCUT2D eigenvalue weighted by molar-refractivity contribution is 5.56. The molecule has 1 aromatic carbocycles. The second-order valence-electron chi connectivity index (χ2n) is 3.30. The largest absolute Gasteiger partial charge is 0.356 e. The Hall–Kier alpha value is -1.57. The van der Waals surface area contributed by atoms with Crippen molar-refractivity contribution in [3.63, 3.8) is 0 Å². The van der Waals surface area contributed by atoms with E-state index >= 15 is 0 Å². The minimum atomic E-state index is 0.856. The third kappa shape index (κ3) is 1.84. The van der Waals surface area contributed by atoms with Gasteiger partial charge in [-0.05, 0) is 6.42 Å². The van der Waals surface area contributed by atoms with Gasteiger partial charge in [-0.3, -0.25) is 0 Å². The lowest BCUT2D eigenvalue weighted by Crippen LogP contribution is -1.79. The summed E-state index contributed by atoms with van der Waals surface area (Å²) in [6.45, 7) is 2.14. The summed E-state index contributed by atoms with van der Waals surface area (Å²) in [6, 6.07) is 12.0. The molecule has 2 rings (SSSR count). The van der Waals surface area contributed by atoms with E-state index in [2.05, 4.69) is 12.1 Å². The summed E-state index contributed by atoms with van der Waals surface area (Å²) in [6.07, 6.45) is 2.08. The van der Waals surface area contributed by atoms with Gasteiger partial charge in [0.05, 0.1) is 5.69 Å². The number of nitrogens with zero attached hydrogens (tertiary/aromatic N) is 1. The zero-order valence-electron chi connectivity index (χ0n) is 8.23. The molecule has 0 unspecified atom stereocenters. The molecule has 0 atom stereocenters. The van der Waals surface area contributed by atoms with E-state index in [9.17, 15) is 0 Å². The van der Waals surface area contributed by atoms with Crippen LogP contribution in [0.5, 0.6) is 0 Å². The first-order valence-electron chi connectivity index (χ1n) is 4.91. The average Bonchev–Trinajstić information content (AvgIpc) is 2.68. The smallest absolute Gasteiger partial charge is 0.167 e. The fourth-order valence-electron chi connectivity index (χ4n) is 1.42. The van der Waals surface area contributed by atoms with Crippen LogP contribution in [-0.4, -0.2) is 5.16 Å². The Morgan fingerprint density at radius 1 is 1.21 bits per heavy atom. The maximum absolute atomic E-state index is 5.25. The van der Waals surface area contributed by atoms with Gasteiger partial charge in [-0.15, -0.1) is 0 Å². The van der Waals surface area contributed by atoms with Crippen LogP contribution in [0.15, 0.2) is 40.9 Å². The van der Waals surface area contributed by atoms with Crippen LogP contribution in [0.1, 0.15) is 19.0 Å². The predicted molar refractivity (Wildman–Crippen MR) is 55.9 cm³/mol. The molecular weight excluding hydrogens is 174 g/mol. The molecule has 72 valence electrons. The molecule has 2 nitrogen and oxygen atoms in total. The molecule has 2 aromatic rings. The number of rotatable bonds is 3. The lowest BCUT2D eigenvalue weighted by atomic mass is 10.1. The highest BCUT2D eigenvalue weighted by atomic mass is 16.5. The van der Waals surface area contributed by atoms with Gasteiger partial charge in [-0.25, -0.2) is 0 Å². The van der Waals surface area contributed by atoms with E-state index in [1.165, 1.54) is 0 Å². The highest BCUT2D eigenvalue weighted by Gasteiger charge is 2.04. The van der Waals surface area contributed by atoms with Crippen molar-refractivity contribution < 1.29 is 4.52 Å². The molecule has 0 N–H and O–H groups in total. The van der Waals surface area contributed by atoms with Gasteiger partial charge < -0.3 is 4.52 Å². The molecule has 0 radical (unpaired) electrons. The predicted octanol–water partition coefficient (Wildman–Crippen LogP) is 3.29. The number of benzene rings is 1. The Bertz CT molecular complexity index is 392. The third-order valence-electron chi connectivity index (χ3n) is 2.12.